The summed E-state index contributed by atoms with van der Waals surface area (Å²) >= 11 is 0. The summed E-state index contributed by atoms with van der Waals surface area (Å²) in [4.78, 5) is 26.7. The number of hydrogen-bond donors (Lipinski definition) is 6. The van der Waals surface area contributed by atoms with Crippen molar-refractivity contribution in [2.24, 2.45) is 0 Å². The van der Waals surface area contributed by atoms with E-state index >= 15 is 0 Å². The molecule has 8 unspecified atom stereocenters. The van der Waals surface area contributed by atoms with Crippen LogP contribution in [0.2, 0.25) is 0 Å². The number of aliphatic hydroxyl groups is 5. The quantitative estimate of drug-likeness (QED) is 0.0195. The molecule has 1 aliphatic heterocycles. The van der Waals surface area contributed by atoms with Gasteiger partial charge in [0.05, 0.1) is 25.4 Å². The largest absolute Gasteiger partial charge is 0.454 e. The summed E-state index contributed by atoms with van der Waals surface area (Å²) in [6.45, 7) is 5.68. The van der Waals surface area contributed by atoms with Crippen LogP contribution in [-0.4, -0.2) is 99.6 Å². The van der Waals surface area contributed by atoms with Gasteiger partial charge >= 0.3 is 5.97 Å². The first kappa shape index (κ1) is 81.6. The number of allylic oxidation sites excluding steroid dienone is 15. The maximum atomic E-state index is 13.5. The Balaban J connectivity index is 2.57. The fourth-order valence-electron chi connectivity index (χ4n) is 10.8. The average Bonchev–Trinajstić information content (AvgIpc) is 1.30. The number of ether oxygens (including phenoxy) is 3. The zero-order valence-corrected chi connectivity index (χ0v) is 55.9. The van der Waals surface area contributed by atoms with Crippen LogP contribution < -0.4 is 5.32 Å². The molecule has 1 saturated heterocycles. The van der Waals surface area contributed by atoms with Crippen LogP contribution in [0.15, 0.2) is 97.2 Å². The third-order valence-corrected chi connectivity index (χ3v) is 16.5. The molecule has 1 fully saturated rings. The fourth-order valence-corrected chi connectivity index (χ4v) is 10.8. The molecule has 87 heavy (non-hydrogen) atoms. The van der Waals surface area contributed by atoms with Gasteiger partial charge in [0, 0.05) is 6.42 Å². The second-order valence-electron chi connectivity index (χ2n) is 24.6. The number of unbranched alkanes of at least 4 members (excludes halogenated alkanes) is 33. The van der Waals surface area contributed by atoms with Crippen molar-refractivity contribution in [2.45, 2.75) is 359 Å². The number of rotatable bonds is 61. The van der Waals surface area contributed by atoms with E-state index in [2.05, 4.69) is 111 Å². The molecular weight excluding hydrogens is 1090 g/mol. The molecule has 1 aliphatic rings. The summed E-state index contributed by atoms with van der Waals surface area (Å²) in [5.41, 5.74) is 0. The number of amides is 1. The van der Waals surface area contributed by atoms with Gasteiger partial charge in [0.2, 0.25) is 5.91 Å². The lowest BCUT2D eigenvalue weighted by Gasteiger charge is -2.41. The second kappa shape index (κ2) is 62.8. The van der Waals surface area contributed by atoms with E-state index in [0.717, 1.165) is 103 Å². The van der Waals surface area contributed by atoms with Crippen molar-refractivity contribution in [3.8, 4) is 0 Å². The van der Waals surface area contributed by atoms with E-state index in [0.29, 0.717) is 12.8 Å². The van der Waals surface area contributed by atoms with Gasteiger partial charge in [0.15, 0.2) is 12.4 Å². The molecule has 1 heterocycles. The number of esters is 1. The van der Waals surface area contributed by atoms with Crippen molar-refractivity contribution < 1.29 is 49.3 Å². The molecule has 0 saturated carbocycles. The highest BCUT2D eigenvalue weighted by molar-refractivity contribution is 5.80. The highest BCUT2D eigenvalue weighted by Gasteiger charge is 2.47. The van der Waals surface area contributed by atoms with Crippen LogP contribution in [-0.2, 0) is 23.8 Å². The third-order valence-electron chi connectivity index (χ3n) is 16.5. The molecule has 11 nitrogen and oxygen atoms in total. The summed E-state index contributed by atoms with van der Waals surface area (Å²) in [6.07, 6.45) is 74.5. The monoisotopic (exact) mass is 1220 g/mol. The molecule has 0 spiro atoms. The molecule has 0 bridgehead atoms. The molecule has 0 aromatic rings. The number of hydrogen-bond acceptors (Lipinski definition) is 10. The highest BCUT2D eigenvalue weighted by Crippen LogP contribution is 2.26. The molecule has 1 amide bonds. The third kappa shape index (κ3) is 50.0. The van der Waals surface area contributed by atoms with E-state index in [-0.39, 0.29) is 19.4 Å². The number of carbonyl (C=O) groups is 2. The predicted octanol–water partition coefficient (Wildman–Crippen LogP) is 18.6. The maximum Gasteiger partial charge on any atom is 0.306 e. The van der Waals surface area contributed by atoms with E-state index < -0.39 is 67.4 Å². The average molecular weight is 1220 g/mol. The molecule has 11 heteroatoms. The smallest absolute Gasteiger partial charge is 0.306 e. The van der Waals surface area contributed by atoms with E-state index in [1.807, 2.05) is 6.08 Å². The lowest BCUT2D eigenvalue weighted by Crippen LogP contribution is -2.61. The molecule has 0 aliphatic carbocycles. The van der Waals surface area contributed by atoms with Crippen LogP contribution in [0.1, 0.15) is 310 Å². The van der Waals surface area contributed by atoms with Crippen LogP contribution >= 0.6 is 0 Å². The first-order valence-corrected chi connectivity index (χ1v) is 36.0. The molecule has 6 N–H and O–H groups in total. The fraction of sp³-hybridized carbons (Fsp3) is 0.763. The minimum atomic E-state index is -1.62. The van der Waals surface area contributed by atoms with Gasteiger partial charge in [-0.25, -0.2) is 0 Å². The standard InChI is InChI=1S/C76H133NO10/c1-4-7-10-13-16-19-22-24-26-28-30-32-34-35-36-38-40-42-44-46-49-52-55-58-61-64-71(81)87-74-73(83)72(82)70(65-78)86-76(74)85-66-67(68(79)62-59-56-53-50-47-21-18-15-12-9-6-3)77-75(84)69(80)63-60-57-54-51-48-45-43-41-39-37-33-31-29-27-25-23-20-17-14-11-8-5-2/h8,11,17,20,24-27,31,33,39,41,45,48,59,62,67-70,72-74,76,78-80,82-83H,4-7,9-10,12-16,18-19,21-23,28-30,32,34-38,40,42-44,46-47,49-58,60-61,63-66H2,1-3H3,(H,77,84)/b11-8-,20-17-,26-24+,27-25-,33-31-,41-39-,48-45-,62-59+. The van der Waals surface area contributed by atoms with Crippen LogP contribution in [0.3, 0.4) is 0 Å². The minimum absolute atomic E-state index is 0.118. The van der Waals surface area contributed by atoms with Gasteiger partial charge < -0.3 is 45.1 Å². The number of carbonyl (C=O) groups excluding carboxylic acids is 2. The minimum Gasteiger partial charge on any atom is -0.454 e. The number of nitrogens with one attached hydrogen (secondary N) is 1. The Morgan fingerprint density at radius 2 is 0.828 bits per heavy atom. The lowest BCUT2D eigenvalue weighted by molar-refractivity contribution is -0.305. The van der Waals surface area contributed by atoms with Crippen molar-refractivity contribution in [2.75, 3.05) is 13.2 Å². The summed E-state index contributed by atoms with van der Waals surface area (Å²) in [5.74, 6) is -1.22. The predicted molar refractivity (Wildman–Crippen MR) is 365 cm³/mol. The zero-order valence-electron chi connectivity index (χ0n) is 55.9. The van der Waals surface area contributed by atoms with E-state index in [1.54, 1.807) is 6.08 Å². The summed E-state index contributed by atoms with van der Waals surface area (Å²) < 4.78 is 17.7. The molecular formula is C76H133NO10. The first-order valence-electron chi connectivity index (χ1n) is 36.0. The molecule has 8 atom stereocenters. The van der Waals surface area contributed by atoms with Gasteiger partial charge in [-0.2, -0.15) is 0 Å². The van der Waals surface area contributed by atoms with Crippen molar-refractivity contribution >= 4 is 11.9 Å². The Hall–Kier alpha value is -3.42. The Bertz CT molecular complexity index is 1790. The topological polar surface area (TPSA) is 175 Å². The van der Waals surface area contributed by atoms with Crippen molar-refractivity contribution in [1.29, 1.82) is 0 Å². The highest BCUT2D eigenvalue weighted by atomic mass is 16.7. The zero-order chi connectivity index (χ0) is 63.1. The maximum absolute atomic E-state index is 13.5. The molecule has 0 aromatic heterocycles. The van der Waals surface area contributed by atoms with Gasteiger partial charge in [-0.15, -0.1) is 0 Å². The summed E-state index contributed by atoms with van der Waals surface area (Å²) in [6, 6.07) is -1.04. The van der Waals surface area contributed by atoms with Crippen LogP contribution in [0, 0.1) is 0 Å². The number of aliphatic hydroxyl groups excluding tert-OH is 5. The van der Waals surface area contributed by atoms with Crippen LogP contribution in [0.25, 0.3) is 0 Å². The summed E-state index contributed by atoms with van der Waals surface area (Å²) in [7, 11) is 0. The SMILES string of the molecule is CC/C=C\C/C=C\C/C=C\C/C=C\C/C=C\C/C=C\CCCCCC(O)C(=O)NC(COC1OC(CO)C(O)C(O)C1OC(=O)CCCCCCCCCCCCCCCCC/C=C/CCCCCCCC)C(O)/C=C/CCCCCCCCCCC. The Morgan fingerprint density at radius 3 is 1.25 bits per heavy atom. The molecule has 502 valence electrons. The normalized spacial score (nSPS) is 18.8. The van der Waals surface area contributed by atoms with E-state index in [1.165, 1.54) is 161 Å². The van der Waals surface area contributed by atoms with Crippen molar-refractivity contribution in [3.63, 3.8) is 0 Å². The lowest BCUT2D eigenvalue weighted by atomic mass is 9.99. The van der Waals surface area contributed by atoms with Crippen molar-refractivity contribution in [3.05, 3.63) is 97.2 Å². The molecule has 1 rings (SSSR count). The molecule has 0 radical (unpaired) electrons. The van der Waals surface area contributed by atoms with E-state index in [9.17, 15) is 35.1 Å². The Morgan fingerprint density at radius 1 is 0.460 bits per heavy atom. The van der Waals surface area contributed by atoms with Gasteiger partial charge in [-0.05, 0) is 103 Å². The Kier molecular flexibility index (Phi) is 58.9. The van der Waals surface area contributed by atoms with Gasteiger partial charge in [0.1, 0.15) is 24.4 Å². The first-order chi connectivity index (χ1) is 42.7. The van der Waals surface area contributed by atoms with Crippen LogP contribution in [0.5, 0.6) is 0 Å². The van der Waals surface area contributed by atoms with Crippen molar-refractivity contribution in [1.82, 2.24) is 5.32 Å². The van der Waals surface area contributed by atoms with Gasteiger partial charge in [-0.3, -0.25) is 9.59 Å². The van der Waals surface area contributed by atoms with Gasteiger partial charge in [0.25, 0.3) is 0 Å². The van der Waals surface area contributed by atoms with Gasteiger partial charge in [-0.1, -0.05) is 298 Å². The molecule has 0 aromatic carbocycles. The second-order valence-corrected chi connectivity index (χ2v) is 24.6. The Labute approximate surface area is 533 Å². The van der Waals surface area contributed by atoms with E-state index in [4.69, 9.17) is 14.2 Å². The summed E-state index contributed by atoms with van der Waals surface area (Å²) in [5, 5.41) is 57.2. The van der Waals surface area contributed by atoms with Crippen LogP contribution in [0.4, 0.5) is 0 Å².